The van der Waals surface area contributed by atoms with Crippen LogP contribution >= 0.6 is 0 Å². The maximum atomic E-state index is 12.7. The van der Waals surface area contributed by atoms with E-state index in [1.54, 1.807) is 6.07 Å². The summed E-state index contributed by atoms with van der Waals surface area (Å²) in [5.41, 5.74) is 1.21. The first kappa shape index (κ1) is 19.0. The molecule has 24 heavy (non-hydrogen) atoms. The molecule has 0 amide bonds. The lowest BCUT2D eigenvalue weighted by Gasteiger charge is -2.31. The monoisotopic (exact) mass is 344 g/mol. The van der Waals surface area contributed by atoms with E-state index in [9.17, 15) is 13.2 Å². The van der Waals surface area contributed by atoms with Crippen molar-refractivity contribution in [3.05, 3.63) is 23.4 Å². The van der Waals surface area contributed by atoms with Crippen LogP contribution in [0.15, 0.2) is 12.1 Å². The van der Waals surface area contributed by atoms with Crippen molar-refractivity contribution in [2.45, 2.75) is 64.7 Å². The number of aromatic nitrogens is 1. The third kappa shape index (κ3) is 5.36. The van der Waals surface area contributed by atoms with Gasteiger partial charge < -0.3 is 9.64 Å². The Labute approximate surface area is 142 Å². The third-order valence-electron chi connectivity index (χ3n) is 4.58. The first-order chi connectivity index (χ1) is 11.3. The largest absolute Gasteiger partial charge is 0.574 e. The number of halogens is 3. The van der Waals surface area contributed by atoms with Gasteiger partial charge in [0, 0.05) is 17.2 Å². The van der Waals surface area contributed by atoms with Gasteiger partial charge in [0.2, 0.25) is 5.88 Å². The molecule has 1 aliphatic rings. The number of hydrogen-bond donors (Lipinski definition) is 0. The number of nitrogens with zero attached hydrogens (tertiary/aromatic N) is 2. The van der Waals surface area contributed by atoms with E-state index in [4.69, 9.17) is 0 Å². The Hall–Kier alpha value is -1.30. The second-order valence-corrected chi connectivity index (χ2v) is 6.80. The van der Waals surface area contributed by atoms with Crippen LogP contribution in [0.3, 0.4) is 0 Å². The Morgan fingerprint density at radius 2 is 1.92 bits per heavy atom. The summed E-state index contributed by atoms with van der Waals surface area (Å²) < 4.78 is 42.2. The van der Waals surface area contributed by atoms with Crippen LogP contribution in [0.2, 0.25) is 0 Å². The second kappa shape index (κ2) is 8.19. The maximum absolute atomic E-state index is 12.7. The van der Waals surface area contributed by atoms with Gasteiger partial charge in [-0.05, 0) is 50.9 Å². The van der Waals surface area contributed by atoms with Crippen LogP contribution in [0, 0.1) is 0 Å². The van der Waals surface area contributed by atoms with Crippen molar-refractivity contribution in [3.63, 3.8) is 0 Å². The molecule has 0 aliphatic carbocycles. The fourth-order valence-electron chi connectivity index (χ4n) is 3.16. The molecule has 1 aliphatic heterocycles. The van der Waals surface area contributed by atoms with E-state index in [1.165, 1.54) is 12.8 Å². The molecule has 0 N–H and O–H groups in total. The highest BCUT2D eigenvalue weighted by Gasteiger charge is 2.34. The predicted molar refractivity (Wildman–Crippen MR) is 88.3 cm³/mol. The van der Waals surface area contributed by atoms with Gasteiger partial charge in [-0.15, -0.1) is 13.2 Å². The SMILES string of the molecule is CCCCN1CCC(c2ccc(C(C)C)c(OC(F)(F)F)n2)CC1. The second-order valence-electron chi connectivity index (χ2n) is 6.80. The summed E-state index contributed by atoms with van der Waals surface area (Å²) in [7, 11) is 0. The summed E-state index contributed by atoms with van der Waals surface area (Å²) >= 11 is 0. The van der Waals surface area contributed by atoms with Crippen molar-refractivity contribution in [2.75, 3.05) is 19.6 Å². The van der Waals surface area contributed by atoms with Gasteiger partial charge in [-0.25, -0.2) is 4.98 Å². The fourth-order valence-corrected chi connectivity index (χ4v) is 3.16. The molecule has 2 heterocycles. The number of ether oxygens (including phenoxy) is 1. The summed E-state index contributed by atoms with van der Waals surface area (Å²) in [5, 5.41) is 0. The number of likely N-dealkylation sites (tertiary alicyclic amines) is 1. The topological polar surface area (TPSA) is 25.4 Å². The minimum atomic E-state index is -4.71. The van der Waals surface area contributed by atoms with Gasteiger partial charge in [-0.3, -0.25) is 0 Å². The molecular weight excluding hydrogens is 317 g/mol. The number of hydrogen-bond acceptors (Lipinski definition) is 3. The Morgan fingerprint density at radius 1 is 1.25 bits per heavy atom. The lowest BCUT2D eigenvalue weighted by molar-refractivity contribution is -0.276. The molecule has 0 radical (unpaired) electrons. The lowest BCUT2D eigenvalue weighted by Crippen LogP contribution is -2.34. The summed E-state index contributed by atoms with van der Waals surface area (Å²) in [6.07, 6.45) is -0.475. The first-order valence-corrected chi connectivity index (χ1v) is 8.79. The summed E-state index contributed by atoms with van der Waals surface area (Å²) in [4.78, 5) is 6.66. The van der Waals surface area contributed by atoms with E-state index in [2.05, 4.69) is 21.5 Å². The summed E-state index contributed by atoms with van der Waals surface area (Å²) in [5.74, 6) is -0.150. The third-order valence-corrected chi connectivity index (χ3v) is 4.58. The predicted octanol–water partition coefficient (Wildman–Crippen LogP) is 5.08. The zero-order chi connectivity index (χ0) is 17.7. The van der Waals surface area contributed by atoms with E-state index in [0.29, 0.717) is 11.3 Å². The molecule has 0 saturated carbocycles. The molecule has 1 fully saturated rings. The van der Waals surface area contributed by atoms with Gasteiger partial charge >= 0.3 is 6.36 Å². The van der Waals surface area contributed by atoms with Crippen LogP contribution in [0.1, 0.15) is 69.5 Å². The van der Waals surface area contributed by atoms with Crippen LogP contribution in [0.25, 0.3) is 0 Å². The number of unbranched alkanes of at least 4 members (excludes halogenated alkanes) is 1. The molecule has 0 spiro atoms. The Kier molecular flexibility index (Phi) is 6.49. The van der Waals surface area contributed by atoms with Crippen LogP contribution in [0.5, 0.6) is 5.88 Å². The van der Waals surface area contributed by atoms with Crippen molar-refractivity contribution < 1.29 is 17.9 Å². The first-order valence-electron chi connectivity index (χ1n) is 8.79. The van der Waals surface area contributed by atoms with Crippen LogP contribution < -0.4 is 4.74 Å². The highest BCUT2D eigenvalue weighted by molar-refractivity contribution is 5.32. The van der Waals surface area contributed by atoms with Gasteiger partial charge in [0.05, 0.1) is 0 Å². The molecule has 0 bridgehead atoms. The van der Waals surface area contributed by atoms with Crippen LogP contribution in [0.4, 0.5) is 13.2 Å². The highest BCUT2D eigenvalue weighted by Crippen LogP contribution is 2.33. The summed E-state index contributed by atoms with van der Waals surface area (Å²) in [6.45, 7) is 8.92. The van der Waals surface area contributed by atoms with Crippen molar-refractivity contribution in [1.82, 2.24) is 9.88 Å². The maximum Gasteiger partial charge on any atom is 0.574 e. The molecule has 0 atom stereocenters. The van der Waals surface area contributed by atoms with Gasteiger partial charge in [0.25, 0.3) is 0 Å². The Balaban J connectivity index is 2.10. The molecular formula is C18H27F3N2O. The molecule has 6 heteroatoms. The van der Waals surface area contributed by atoms with Gasteiger partial charge in [-0.2, -0.15) is 0 Å². The molecule has 1 saturated heterocycles. The van der Waals surface area contributed by atoms with Crippen molar-refractivity contribution in [1.29, 1.82) is 0 Å². The number of piperidine rings is 1. The lowest BCUT2D eigenvalue weighted by atomic mass is 9.92. The van der Waals surface area contributed by atoms with Gasteiger partial charge in [-0.1, -0.05) is 33.3 Å². The molecule has 3 nitrogen and oxygen atoms in total. The minimum Gasteiger partial charge on any atom is -0.388 e. The van der Waals surface area contributed by atoms with Crippen LogP contribution in [-0.2, 0) is 0 Å². The minimum absolute atomic E-state index is 0.0696. The molecule has 2 rings (SSSR count). The fraction of sp³-hybridized carbons (Fsp3) is 0.722. The van der Waals surface area contributed by atoms with Crippen LogP contribution in [-0.4, -0.2) is 35.9 Å². The van der Waals surface area contributed by atoms with Gasteiger partial charge in [0.15, 0.2) is 0 Å². The molecule has 0 aromatic carbocycles. The van der Waals surface area contributed by atoms with E-state index < -0.39 is 6.36 Å². The van der Waals surface area contributed by atoms with E-state index in [1.807, 2.05) is 19.9 Å². The van der Waals surface area contributed by atoms with E-state index >= 15 is 0 Å². The quantitative estimate of drug-likeness (QED) is 0.719. The number of rotatable bonds is 6. The average molecular weight is 344 g/mol. The molecule has 1 aromatic heterocycles. The zero-order valence-corrected chi connectivity index (χ0v) is 14.7. The summed E-state index contributed by atoms with van der Waals surface area (Å²) in [6, 6.07) is 3.60. The number of alkyl halides is 3. The molecule has 1 aromatic rings. The van der Waals surface area contributed by atoms with E-state index in [0.717, 1.165) is 32.5 Å². The van der Waals surface area contributed by atoms with Crippen molar-refractivity contribution in [3.8, 4) is 5.88 Å². The van der Waals surface area contributed by atoms with Crippen molar-refractivity contribution in [2.24, 2.45) is 0 Å². The standard InChI is InChI=1S/C18H27F3N2O/c1-4-5-10-23-11-8-14(9-12-23)16-7-6-15(13(2)3)17(22-16)24-18(19,20)21/h6-7,13-14H,4-5,8-12H2,1-3H3. The average Bonchev–Trinajstić information content (AvgIpc) is 2.51. The zero-order valence-electron chi connectivity index (χ0n) is 14.7. The Morgan fingerprint density at radius 3 is 2.46 bits per heavy atom. The number of pyridine rings is 1. The smallest absolute Gasteiger partial charge is 0.388 e. The Bertz CT molecular complexity index is 523. The van der Waals surface area contributed by atoms with Crippen molar-refractivity contribution >= 4 is 0 Å². The molecule has 0 unspecified atom stereocenters. The van der Waals surface area contributed by atoms with Gasteiger partial charge in [0.1, 0.15) is 0 Å². The molecule has 136 valence electrons. The highest BCUT2D eigenvalue weighted by atomic mass is 19.4. The van der Waals surface area contributed by atoms with E-state index in [-0.39, 0.29) is 17.7 Å². The normalized spacial score (nSPS) is 17.5.